The number of hydrogen-bond donors (Lipinski definition) is 2. The number of amides is 1. The van der Waals surface area contributed by atoms with Gasteiger partial charge in [-0.1, -0.05) is 12.1 Å². The predicted molar refractivity (Wildman–Crippen MR) is 120 cm³/mol. The first-order chi connectivity index (χ1) is 16.2. The van der Waals surface area contributed by atoms with E-state index in [2.05, 4.69) is 15.2 Å². The van der Waals surface area contributed by atoms with Crippen LogP contribution in [0.1, 0.15) is 17.5 Å². The number of likely N-dealkylation sites (tertiary alicyclic amines) is 1. The number of aromatic nitrogens is 1. The summed E-state index contributed by atoms with van der Waals surface area (Å²) in [5.41, 5.74) is 2.15. The second kappa shape index (κ2) is 9.60. The van der Waals surface area contributed by atoms with Crippen molar-refractivity contribution in [3.63, 3.8) is 0 Å². The summed E-state index contributed by atoms with van der Waals surface area (Å²) < 4.78 is 69.4. The molecule has 2 heterocycles. The van der Waals surface area contributed by atoms with Crippen molar-refractivity contribution in [3.05, 3.63) is 69.8 Å². The number of thiazole rings is 1. The van der Waals surface area contributed by atoms with E-state index in [1.54, 1.807) is 6.07 Å². The molecule has 0 unspecified atom stereocenters. The normalized spacial score (nSPS) is 14.0. The predicted octanol–water partition coefficient (Wildman–Crippen LogP) is 4.25. The molecule has 1 saturated heterocycles. The van der Waals surface area contributed by atoms with Crippen LogP contribution in [0.3, 0.4) is 0 Å². The number of carbonyl (C=O) groups is 1. The smallest absolute Gasteiger partial charge is 0.427 e. The summed E-state index contributed by atoms with van der Waals surface area (Å²) >= 11 is 0.915. The maximum absolute atomic E-state index is 14.8. The Morgan fingerprint density at radius 3 is 2.44 bits per heavy atom. The monoisotopic (exact) mass is 512 g/mol. The van der Waals surface area contributed by atoms with Gasteiger partial charge in [0.25, 0.3) is 10.0 Å². The number of halogens is 3. The molecule has 1 fully saturated rings. The fourth-order valence-corrected chi connectivity index (χ4v) is 5.47. The van der Waals surface area contributed by atoms with Crippen molar-refractivity contribution in [2.45, 2.75) is 24.4 Å². The Bertz CT molecular complexity index is 1290. The highest BCUT2D eigenvalue weighted by atomic mass is 32.2. The first-order valence-electron chi connectivity index (χ1n) is 10.1. The SMILES string of the molecule is O=C(O)N(c1cscn1)S(=O)(=O)c1c(F)cc(NCc2cccc(F)c2CN2CCC2)cc1F. The van der Waals surface area contributed by atoms with E-state index in [1.165, 1.54) is 17.6 Å². The Morgan fingerprint density at radius 1 is 1.18 bits per heavy atom. The first kappa shape index (κ1) is 24.0. The third-order valence-electron chi connectivity index (χ3n) is 5.33. The first-order valence-corrected chi connectivity index (χ1v) is 12.4. The minimum absolute atomic E-state index is 0.0337. The maximum atomic E-state index is 14.8. The van der Waals surface area contributed by atoms with Crippen molar-refractivity contribution in [1.82, 2.24) is 9.88 Å². The molecule has 0 radical (unpaired) electrons. The van der Waals surface area contributed by atoms with Crippen molar-refractivity contribution in [1.29, 1.82) is 0 Å². The van der Waals surface area contributed by atoms with E-state index in [1.807, 2.05) is 0 Å². The molecule has 1 aliphatic rings. The molecule has 180 valence electrons. The number of carboxylic acid groups (broad SMARTS) is 1. The van der Waals surface area contributed by atoms with Crippen molar-refractivity contribution < 1.29 is 31.5 Å². The molecule has 4 rings (SSSR count). The minimum Gasteiger partial charge on any atom is -0.464 e. The number of anilines is 2. The lowest BCUT2D eigenvalue weighted by Crippen LogP contribution is -2.37. The molecule has 0 saturated carbocycles. The zero-order chi connectivity index (χ0) is 24.5. The molecular weight excluding hydrogens is 493 g/mol. The molecule has 34 heavy (non-hydrogen) atoms. The van der Waals surface area contributed by atoms with Gasteiger partial charge >= 0.3 is 6.09 Å². The van der Waals surface area contributed by atoms with Gasteiger partial charge < -0.3 is 10.4 Å². The highest BCUT2D eigenvalue weighted by Crippen LogP contribution is 2.30. The third-order valence-corrected chi connectivity index (χ3v) is 7.63. The van der Waals surface area contributed by atoms with Crippen molar-refractivity contribution in [2.75, 3.05) is 22.7 Å². The minimum atomic E-state index is -5.15. The van der Waals surface area contributed by atoms with Crippen LogP contribution in [0.4, 0.5) is 29.5 Å². The number of benzene rings is 2. The van der Waals surface area contributed by atoms with Gasteiger partial charge in [-0.05, 0) is 43.3 Å². The second-order valence-electron chi connectivity index (χ2n) is 7.53. The van der Waals surface area contributed by atoms with Crippen molar-refractivity contribution in [2.24, 2.45) is 0 Å². The average Bonchev–Trinajstić information content (AvgIpc) is 3.22. The molecule has 0 atom stereocenters. The van der Waals surface area contributed by atoms with Crippen LogP contribution in [0.15, 0.2) is 46.1 Å². The van der Waals surface area contributed by atoms with Crippen molar-refractivity contribution >= 4 is 39.0 Å². The Labute approximate surface area is 197 Å². The summed E-state index contributed by atoms with van der Waals surface area (Å²) in [7, 11) is -5.15. The lowest BCUT2D eigenvalue weighted by Gasteiger charge is -2.31. The van der Waals surface area contributed by atoms with Crippen LogP contribution in [0.2, 0.25) is 0 Å². The third kappa shape index (κ3) is 4.72. The van der Waals surface area contributed by atoms with E-state index in [4.69, 9.17) is 0 Å². The Morgan fingerprint density at radius 2 is 1.88 bits per heavy atom. The van der Waals surface area contributed by atoms with Gasteiger partial charge in [0.2, 0.25) is 0 Å². The van der Waals surface area contributed by atoms with Crippen molar-refractivity contribution in [3.8, 4) is 0 Å². The second-order valence-corrected chi connectivity index (χ2v) is 9.97. The molecule has 2 aromatic carbocycles. The Kier molecular flexibility index (Phi) is 6.77. The van der Waals surface area contributed by atoms with Crippen LogP contribution in [-0.2, 0) is 23.1 Å². The van der Waals surface area contributed by atoms with E-state index < -0.39 is 38.5 Å². The average molecular weight is 513 g/mol. The van der Waals surface area contributed by atoms with E-state index >= 15 is 0 Å². The lowest BCUT2D eigenvalue weighted by atomic mass is 10.0. The van der Waals surface area contributed by atoms with Crippen LogP contribution in [-0.4, -0.2) is 42.6 Å². The van der Waals surface area contributed by atoms with Gasteiger partial charge in [0, 0.05) is 29.7 Å². The van der Waals surface area contributed by atoms with Crippen LogP contribution in [0, 0.1) is 17.5 Å². The molecule has 0 spiro atoms. The van der Waals surface area contributed by atoms with Gasteiger partial charge in [-0.15, -0.1) is 15.6 Å². The number of rotatable bonds is 8. The molecule has 13 heteroatoms. The molecule has 0 bridgehead atoms. The van der Waals surface area contributed by atoms with E-state index in [0.29, 0.717) is 17.7 Å². The number of nitrogens with zero attached hydrogens (tertiary/aromatic N) is 3. The summed E-state index contributed by atoms with van der Waals surface area (Å²) in [5, 5.41) is 13.2. The highest BCUT2D eigenvalue weighted by molar-refractivity contribution is 7.93. The van der Waals surface area contributed by atoms with Gasteiger partial charge in [-0.2, -0.15) is 0 Å². The summed E-state index contributed by atoms with van der Waals surface area (Å²) in [6.07, 6.45) is -0.926. The van der Waals surface area contributed by atoms with Crippen LogP contribution in [0.5, 0.6) is 0 Å². The molecule has 1 aliphatic heterocycles. The zero-order valence-corrected chi connectivity index (χ0v) is 19.2. The fourth-order valence-electron chi connectivity index (χ4n) is 3.54. The number of hydrogen-bond acceptors (Lipinski definition) is 7. The van der Waals surface area contributed by atoms with Crippen LogP contribution < -0.4 is 9.62 Å². The van der Waals surface area contributed by atoms with Gasteiger partial charge in [0.15, 0.2) is 10.7 Å². The van der Waals surface area contributed by atoms with Gasteiger partial charge in [-0.3, -0.25) is 4.90 Å². The molecule has 1 amide bonds. The number of sulfonamides is 1. The van der Waals surface area contributed by atoms with Gasteiger partial charge in [0.1, 0.15) is 17.5 Å². The molecule has 0 aliphatic carbocycles. The quantitative estimate of drug-likeness (QED) is 0.465. The zero-order valence-electron chi connectivity index (χ0n) is 17.5. The molecule has 1 aromatic heterocycles. The van der Waals surface area contributed by atoms with E-state index in [0.717, 1.165) is 48.4 Å². The number of nitrogens with one attached hydrogen (secondary N) is 1. The standard InChI is InChI=1S/C21H19F3N4O4S2/c22-16-4-1-3-13(15(16)10-27-5-2-6-27)9-25-14-7-17(23)20(18(24)8-14)34(31,32)28(21(29)30)19-11-33-12-26-19/h1,3-4,7-8,11-12,25H,2,5-6,9-10H2,(H,29,30). The molecule has 8 nitrogen and oxygen atoms in total. The Balaban J connectivity index is 1.59. The van der Waals surface area contributed by atoms with Gasteiger partial charge in [-0.25, -0.2) is 31.4 Å². The summed E-state index contributed by atoms with van der Waals surface area (Å²) in [4.78, 5) is 15.8. The van der Waals surface area contributed by atoms with Crippen LogP contribution in [0.25, 0.3) is 0 Å². The van der Waals surface area contributed by atoms with Crippen LogP contribution >= 0.6 is 11.3 Å². The fraction of sp³-hybridized carbons (Fsp3) is 0.238. The molecular formula is C21H19F3N4O4S2. The Hall–Kier alpha value is -3.16. The topological polar surface area (TPSA) is 103 Å². The highest BCUT2D eigenvalue weighted by Gasteiger charge is 2.37. The summed E-state index contributed by atoms with van der Waals surface area (Å²) in [5.74, 6) is -3.85. The molecule has 3 aromatic rings. The largest absolute Gasteiger partial charge is 0.464 e. The summed E-state index contributed by atoms with van der Waals surface area (Å²) in [6.45, 7) is 2.17. The maximum Gasteiger partial charge on any atom is 0.427 e. The van der Waals surface area contributed by atoms with E-state index in [9.17, 15) is 31.5 Å². The van der Waals surface area contributed by atoms with Gasteiger partial charge in [0.05, 0.1) is 5.51 Å². The lowest BCUT2D eigenvalue weighted by molar-refractivity contribution is 0.170. The van der Waals surface area contributed by atoms with E-state index in [-0.39, 0.29) is 22.4 Å². The molecule has 2 N–H and O–H groups in total. The summed E-state index contributed by atoms with van der Waals surface area (Å²) in [6, 6.07) is 6.04.